The summed E-state index contributed by atoms with van der Waals surface area (Å²) in [7, 11) is 2.20. The molecule has 0 aliphatic rings. The highest BCUT2D eigenvalue weighted by Crippen LogP contribution is 2.14. The minimum atomic E-state index is -5.05. The third-order valence-electron chi connectivity index (χ3n) is 5.66. The number of esters is 2. The molecule has 5 atom stereocenters. The summed E-state index contributed by atoms with van der Waals surface area (Å²) in [6, 6.07) is -5.64. The molecule has 0 spiro atoms. The number of halogens is 3. The van der Waals surface area contributed by atoms with Gasteiger partial charge < -0.3 is 41.8 Å². The topological polar surface area (TPSA) is 224 Å². The van der Waals surface area contributed by atoms with E-state index >= 15 is 0 Å². The molecule has 0 aromatic heterocycles. The molecule has 0 heterocycles. The van der Waals surface area contributed by atoms with E-state index in [1.807, 2.05) is 0 Å². The highest BCUT2D eigenvalue weighted by Gasteiger charge is 2.38. The molecule has 7 N–H and O–H groups in total. The maximum Gasteiger partial charge on any atom is 0.471 e. The standard InChI is InChI=1S/C24H39F3N6O9/c1-12(28)18(35)33-16(22(39)42-5)9-10-17(34)32-15(8-6-7-11-29-23(40)24(25,26)27)20(37)30-13(2)19(36)31-14(3)21(38)41-4/h12-16H,6-11,28H2,1-5H3,(H,29,40)(H,30,37)(H,31,36)(H,32,34)(H,33,35)/t12-,13-,14-,15+,16-/m1/s1. The number of alkyl halides is 3. The first-order valence-electron chi connectivity index (χ1n) is 12.9. The van der Waals surface area contributed by atoms with E-state index in [1.165, 1.54) is 20.8 Å². The van der Waals surface area contributed by atoms with E-state index in [4.69, 9.17) is 5.73 Å². The van der Waals surface area contributed by atoms with Crippen LogP contribution in [0.3, 0.4) is 0 Å². The molecule has 0 aliphatic heterocycles. The van der Waals surface area contributed by atoms with Crippen LogP contribution >= 0.6 is 0 Å². The number of nitrogens with two attached hydrogens (primary N) is 1. The van der Waals surface area contributed by atoms with Crippen LogP contribution in [0.2, 0.25) is 0 Å². The smallest absolute Gasteiger partial charge is 0.467 e. The van der Waals surface area contributed by atoms with Gasteiger partial charge in [-0.3, -0.25) is 24.0 Å². The van der Waals surface area contributed by atoms with Crippen molar-refractivity contribution in [2.45, 2.75) is 89.3 Å². The Morgan fingerprint density at radius 1 is 0.714 bits per heavy atom. The molecule has 15 nitrogen and oxygen atoms in total. The van der Waals surface area contributed by atoms with Crippen molar-refractivity contribution in [3.8, 4) is 0 Å². The molecule has 0 fully saturated rings. The van der Waals surface area contributed by atoms with Gasteiger partial charge in [-0.05, 0) is 46.5 Å². The van der Waals surface area contributed by atoms with Crippen LogP contribution in [0.15, 0.2) is 0 Å². The number of carbonyl (C=O) groups excluding carboxylic acids is 7. The Bertz CT molecular complexity index is 978. The fraction of sp³-hybridized carbons (Fsp3) is 0.708. The number of ether oxygens (including phenoxy) is 2. The lowest BCUT2D eigenvalue weighted by Crippen LogP contribution is -2.54. The largest absolute Gasteiger partial charge is 0.471 e. The van der Waals surface area contributed by atoms with E-state index in [1.54, 1.807) is 5.32 Å². The highest BCUT2D eigenvalue weighted by molar-refractivity contribution is 5.93. The molecular formula is C24H39F3N6O9. The first-order chi connectivity index (χ1) is 19.4. The molecule has 0 radical (unpaired) electrons. The fourth-order valence-corrected chi connectivity index (χ4v) is 3.23. The van der Waals surface area contributed by atoms with E-state index < -0.39 is 77.9 Å². The Labute approximate surface area is 240 Å². The molecular weight excluding hydrogens is 573 g/mol. The summed E-state index contributed by atoms with van der Waals surface area (Å²) in [5, 5.41) is 11.2. The molecule has 0 saturated heterocycles. The summed E-state index contributed by atoms with van der Waals surface area (Å²) in [5.74, 6) is -6.67. The molecule has 42 heavy (non-hydrogen) atoms. The normalized spacial score (nSPS) is 14.6. The minimum absolute atomic E-state index is 0.0157. The predicted molar refractivity (Wildman–Crippen MR) is 139 cm³/mol. The molecule has 5 amide bonds. The number of carbonyl (C=O) groups is 7. The Morgan fingerprint density at radius 2 is 1.29 bits per heavy atom. The average Bonchev–Trinajstić information content (AvgIpc) is 2.92. The van der Waals surface area contributed by atoms with E-state index in [0.29, 0.717) is 0 Å². The van der Waals surface area contributed by atoms with Gasteiger partial charge in [-0.2, -0.15) is 13.2 Å². The van der Waals surface area contributed by atoms with Crippen molar-refractivity contribution in [2.24, 2.45) is 5.73 Å². The second-order valence-electron chi connectivity index (χ2n) is 9.26. The Morgan fingerprint density at radius 3 is 1.81 bits per heavy atom. The summed E-state index contributed by atoms with van der Waals surface area (Å²) < 4.78 is 46.2. The first kappa shape index (κ1) is 38.0. The number of amides is 5. The van der Waals surface area contributed by atoms with Crippen LogP contribution in [0, 0.1) is 0 Å². The molecule has 0 rings (SSSR count). The van der Waals surface area contributed by atoms with Crippen molar-refractivity contribution >= 4 is 41.5 Å². The van der Waals surface area contributed by atoms with Crippen molar-refractivity contribution in [1.82, 2.24) is 26.6 Å². The zero-order valence-corrected chi connectivity index (χ0v) is 24.0. The van der Waals surface area contributed by atoms with Gasteiger partial charge in [0, 0.05) is 13.0 Å². The van der Waals surface area contributed by atoms with Gasteiger partial charge in [0.15, 0.2) is 0 Å². The second kappa shape index (κ2) is 18.5. The van der Waals surface area contributed by atoms with Gasteiger partial charge in [0.05, 0.1) is 20.3 Å². The zero-order valence-electron chi connectivity index (χ0n) is 24.0. The van der Waals surface area contributed by atoms with Crippen LogP contribution < -0.4 is 32.3 Å². The van der Waals surface area contributed by atoms with Crippen molar-refractivity contribution in [3.63, 3.8) is 0 Å². The maximum atomic E-state index is 12.9. The maximum absolute atomic E-state index is 12.9. The Balaban J connectivity index is 5.37. The molecule has 0 aliphatic carbocycles. The first-order valence-corrected chi connectivity index (χ1v) is 12.9. The quantitative estimate of drug-likeness (QED) is 0.0805. The number of methoxy groups -OCH3 is 2. The van der Waals surface area contributed by atoms with E-state index in [-0.39, 0.29) is 38.6 Å². The Kier molecular flexibility index (Phi) is 16.7. The number of hydrogen-bond donors (Lipinski definition) is 6. The van der Waals surface area contributed by atoms with Gasteiger partial charge in [0.1, 0.15) is 24.2 Å². The lowest BCUT2D eigenvalue weighted by Gasteiger charge is -2.23. The summed E-state index contributed by atoms with van der Waals surface area (Å²) in [5.41, 5.74) is 5.48. The lowest BCUT2D eigenvalue weighted by molar-refractivity contribution is -0.173. The van der Waals surface area contributed by atoms with Gasteiger partial charge in [-0.1, -0.05) is 0 Å². The number of hydrogen-bond acceptors (Lipinski definition) is 10. The molecule has 0 bridgehead atoms. The van der Waals surface area contributed by atoms with Crippen LogP contribution in [0.1, 0.15) is 52.9 Å². The van der Waals surface area contributed by atoms with Crippen molar-refractivity contribution in [3.05, 3.63) is 0 Å². The fourth-order valence-electron chi connectivity index (χ4n) is 3.23. The van der Waals surface area contributed by atoms with Gasteiger partial charge >= 0.3 is 24.0 Å². The number of rotatable bonds is 17. The third-order valence-corrected chi connectivity index (χ3v) is 5.66. The van der Waals surface area contributed by atoms with Crippen molar-refractivity contribution in [2.75, 3.05) is 20.8 Å². The lowest BCUT2D eigenvalue weighted by atomic mass is 10.1. The second-order valence-corrected chi connectivity index (χ2v) is 9.26. The van der Waals surface area contributed by atoms with Gasteiger partial charge in [-0.25, -0.2) is 9.59 Å². The summed E-state index contributed by atoms with van der Waals surface area (Å²) >= 11 is 0. The van der Waals surface area contributed by atoms with Crippen LogP contribution in [-0.2, 0) is 43.0 Å². The predicted octanol–water partition coefficient (Wildman–Crippen LogP) is -1.71. The summed E-state index contributed by atoms with van der Waals surface area (Å²) in [4.78, 5) is 84.3. The van der Waals surface area contributed by atoms with Gasteiger partial charge in [0.2, 0.25) is 23.6 Å². The Hall–Kier alpha value is -3.96. The van der Waals surface area contributed by atoms with Crippen molar-refractivity contribution in [1.29, 1.82) is 0 Å². The van der Waals surface area contributed by atoms with Crippen LogP contribution in [0.25, 0.3) is 0 Å². The molecule has 18 heteroatoms. The molecule has 0 aromatic carbocycles. The van der Waals surface area contributed by atoms with Crippen LogP contribution in [-0.4, -0.2) is 98.6 Å². The zero-order chi connectivity index (χ0) is 32.6. The van der Waals surface area contributed by atoms with E-state index in [2.05, 4.69) is 30.7 Å². The van der Waals surface area contributed by atoms with E-state index in [9.17, 15) is 46.7 Å². The van der Waals surface area contributed by atoms with Crippen LogP contribution in [0.5, 0.6) is 0 Å². The van der Waals surface area contributed by atoms with Gasteiger partial charge in [0.25, 0.3) is 0 Å². The van der Waals surface area contributed by atoms with E-state index in [0.717, 1.165) is 14.2 Å². The van der Waals surface area contributed by atoms with Gasteiger partial charge in [-0.15, -0.1) is 0 Å². The third kappa shape index (κ3) is 14.6. The summed E-state index contributed by atoms with van der Waals surface area (Å²) in [6.07, 6.45) is -5.65. The number of unbranched alkanes of at least 4 members (excludes halogenated alkanes) is 1. The molecule has 240 valence electrons. The molecule has 0 saturated carbocycles. The van der Waals surface area contributed by atoms with Crippen molar-refractivity contribution < 1.29 is 56.2 Å². The SMILES string of the molecule is COC(=O)[C@@H](C)NC(=O)[C@@H](C)NC(=O)[C@H](CCCCNC(=O)C(F)(F)F)NC(=O)CC[C@@H](NC(=O)[C@@H](C)N)C(=O)OC. The molecule has 0 unspecified atom stereocenters. The summed E-state index contributed by atoms with van der Waals surface area (Å²) in [6.45, 7) is 3.69. The molecule has 0 aromatic rings. The monoisotopic (exact) mass is 612 g/mol. The number of nitrogens with one attached hydrogen (secondary N) is 5. The minimum Gasteiger partial charge on any atom is -0.467 e. The average molecular weight is 613 g/mol. The van der Waals surface area contributed by atoms with Crippen LogP contribution in [0.4, 0.5) is 13.2 Å². The highest BCUT2D eigenvalue weighted by atomic mass is 19.4.